The van der Waals surface area contributed by atoms with Crippen molar-refractivity contribution in [2.24, 2.45) is 5.92 Å². The number of ether oxygens (including phenoxy) is 1. The van der Waals surface area contributed by atoms with Crippen molar-refractivity contribution < 1.29 is 9.53 Å². The van der Waals surface area contributed by atoms with E-state index < -0.39 is 5.60 Å². The first-order valence-corrected chi connectivity index (χ1v) is 8.16. The van der Waals surface area contributed by atoms with Crippen molar-refractivity contribution in [3.63, 3.8) is 0 Å². The Kier molecular flexibility index (Phi) is 5.30. The molecule has 1 heterocycles. The van der Waals surface area contributed by atoms with E-state index in [0.717, 1.165) is 44.8 Å². The Labute approximate surface area is 123 Å². The van der Waals surface area contributed by atoms with Crippen LogP contribution in [0.25, 0.3) is 0 Å². The predicted octanol–water partition coefficient (Wildman–Crippen LogP) is 3.17. The van der Waals surface area contributed by atoms with E-state index in [1.165, 1.54) is 19.3 Å². The van der Waals surface area contributed by atoms with Crippen LogP contribution in [-0.4, -0.2) is 42.3 Å². The lowest BCUT2D eigenvalue weighted by atomic mass is 9.85. The second kappa shape index (κ2) is 6.79. The number of carbonyl (C=O) groups excluding carboxylic acids is 1. The molecule has 1 saturated carbocycles. The quantitative estimate of drug-likeness (QED) is 0.788. The van der Waals surface area contributed by atoms with Crippen LogP contribution in [-0.2, 0) is 4.74 Å². The zero-order chi connectivity index (χ0) is 14.6. The highest BCUT2D eigenvalue weighted by atomic mass is 16.6. The zero-order valence-corrected chi connectivity index (χ0v) is 13.3. The van der Waals surface area contributed by atoms with Crippen LogP contribution < -0.4 is 5.32 Å². The number of nitrogens with zero attached hydrogens (tertiary/aromatic N) is 1. The van der Waals surface area contributed by atoms with E-state index in [1.54, 1.807) is 0 Å². The summed E-state index contributed by atoms with van der Waals surface area (Å²) >= 11 is 0. The van der Waals surface area contributed by atoms with Gasteiger partial charge >= 0.3 is 6.09 Å². The van der Waals surface area contributed by atoms with Gasteiger partial charge in [0.2, 0.25) is 0 Å². The van der Waals surface area contributed by atoms with Gasteiger partial charge in [0.15, 0.2) is 0 Å². The van der Waals surface area contributed by atoms with Crippen LogP contribution >= 0.6 is 0 Å². The molecular formula is C16H30N2O2. The summed E-state index contributed by atoms with van der Waals surface area (Å²) in [6.45, 7) is 8.80. The van der Waals surface area contributed by atoms with Crippen LogP contribution in [0.4, 0.5) is 4.79 Å². The highest BCUT2D eigenvalue weighted by molar-refractivity contribution is 5.68. The summed E-state index contributed by atoms with van der Waals surface area (Å²) in [4.78, 5) is 14.1. The van der Waals surface area contributed by atoms with Crippen LogP contribution in [0.2, 0.25) is 0 Å². The van der Waals surface area contributed by atoms with Crippen molar-refractivity contribution in [1.29, 1.82) is 0 Å². The average Bonchev–Trinajstić information content (AvgIpc) is 2.72. The lowest BCUT2D eigenvalue weighted by molar-refractivity contribution is 0.0220. The fourth-order valence-corrected chi connectivity index (χ4v) is 2.97. The highest BCUT2D eigenvalue weighted by Crippen LogP contribution is 2.25. The van der Waals surface area contributed by atoms with E-state index in [1.807, 2.05) is 25.7 Å². The zero-order valence-electron chi connectivity index (χ0n) is 13.3. The second-order valence-corrected chi connectivity index (χ2v) is 7.26. The molecular weight excluding hydrogens is 252 g/mol. The summed E-state index contributed by atoms with van der Waals surface area (Å²) in [5.74, 6) is 0.903. The number of carbonyl (C=O) groups is 1. The van der Waals surface area contributed by atoms with Gasteiger partial charge in [0.1, 0.15) is 5.60 Å². The van der Waals surface area contributed by atoms with E-state index in [4.69, 9.17) is 4.74 Å². The Morgan fingerprint density at radius 3 is 2.60 bits per heavy atom. The Bertz CT molecular complexity index is 321. The number of likely N-dealkylation sites (tertiary alicyclic amines) is 1. The minimum atomic E-state index is -0.396. The molecule has 2 aliphatic rings. The molecule has 0 aromatic heterocycles. The summed E-state index contributed by atoms with van der Waals surface area (Å²) < 4.78 is 5.49. The Morgan fingerprint density at radius 1 is 1.25 bits per heavy atom. The van der Waals surface area contributed by atoms with Crippen LogP contribution in [0.15, 0.2) is 0 Å². The minimum Gasteiger partial charge on any atom is -0.444 e. The van der Waals surface area contributed by atoms with Gasteiger partial charge in [-0.1, -0.05) is 6.42 Å². The highest BCUT2D eigenvalue weighted by Gasteiger charge is 2.31. The van der Waals surface area contributed by atoms with Gasteiger partial charge in [0.05, 0.1) is 0 Å². The van der Waals surface area contributed by atoms with Gasteiger partial charge in [-0.2, -0.15) is 0 Å². The second-order valence-electron chi connectivity index (χ2n) is 7.26. The summed E-state index contributed by atoms with van der Waals surface area (Å²) in [5.41, 5.74) is -0.396. The van der Waals surface area contributed by atoms with Crippen molar-refractivity contribution in [1.82, 2.24) is 10.2 Å². The first kappa shape index (κ1) is 15.6. The third-order valence-corrected chi connectivity index (χ3v) is 4.32. The summed E-state index contributed by atoms with van der Waals surface area (Å²) in [5, 5.41) is 3.54. The normalized spacial score (nSPS) is 23.8. The fourth-order valence-electron chi connectivity index (χ4n) is 2.97. The molecule has 0 bridgehead atoms. The first-order chi connectivity index (χ1) is 9.46. The van der Waals surface area contributed by atoms with Crippen molar-refractivity contribution in [2.45, 2.75) is 70.9 Å². The van der Waals surface area contributed by atoms with Crippen molar-refractivity contribution in [3.8, 4) is 0 Å². The number of hydrogen-bond acceptors (Lipinski definition) is 3. The molecule has 1 aliphatic carbocycles. The SMILES string of the molecule is CC(C)(C)OC(=O)N1CCCC1CCNCC1CCC1. The van der Waals surface area contributed by atoms with E-state index >= 15 is 0 Å². The lowest BCUT2D eigenvalue weighted by Gasteiger charge is -2.29. The molecule has 1 unspecified atom stereocenters. The molecule has 1 N–H and O–H groups in total. The van der Waals surface area contributed by atoms with Gasteiger partial charge in [-0.25, -0.2) is 4.79 Å². The number of amides is 1. The lowest BCUT2D eigenvalue weighted by Crippen LogP contribution is -2.41. The molecule has 20 heavy (non-hydrogen) atoms. The average molecular weight is 282 g/mol. The predicted molar refractivity (Wildman–Crippen MR) is 80.8 cm³/mol. The largest absolute Gasteiger partial charge is 0.444 e. The monoisotopic (exact) mass is 282 g/mol. The minimum absolute atomic E-state index is 0.140. The smallest absolute Gasteiger partial charge is 0.410 e. The third kappa shape index (κ3) is 4.65. The van der Waals surface area contributed by atoms with Crippen molar-refractivity contribution in [3.05, 3.63) is 0 Å². The fraction of sp³-hybridized carbons (Fsp3) is 0.938. The summed E-state index contributed by atoms with van der Waals surface area (Å²) in [6.07, 6.45) is 7.31. The van der Waals surface area contributed by atoms with Gasteiger partial charge in [0, 0.05) is 12.6 Å². The molecule has 0 aromatic rings. The molecule has 1 atom stereocenters. The van der Waals surface area contributed by atoms with Crippen molar-refractivity contribution in [2.75, 3.05) is 19.6 Å². The third-order valence-electron chi connectivity index (χ3n) is 4.32. The molecule has 4 nitrogen and oxygen atoms in total. The van der Waals surface area contributed by atoms with Crippen LogP contribution in [0.1, 0.15) is 59.3 Å². The summed E-state index contributed by atoms with van der Waals surface area (Å²) in [6, 6.07) is 0.360. The van der Waals surface area contributed by atoms with Crippen LogP contribution in [0.3, 0.4) is 0 Å². The molecule has 2 fully saturated rings. The van der Waals surface area contributed by atoms with E-state index in [2.05, 4.69) is 5.32 Å². The maximum atomic E-state index is 12.2. The van der Waals surface area contributed by atoms with Crippen LogP contribution in [0, 0.1) is 5.92 Å². The maximum absolute atomic E-state index is 12.2. The topological polar surface area (TPSA) is 41.6 Å². The van der Waals surface area contributed by atoms with E-state index in [-0.39, 0.29) is 6.09 Å². The Morgan fingerprint density at radius 2 is 2.00 bits per heavy atom. The van der Waals surface area contributed by atoms with Gasteiger partial charge in [-0.3, -0.25) is 0 Å². The van der Waals surface area contributed by atoms with Gasteiger partial charge < -0.3 is 15.0 Å². The molecule has 0 spiro atoms. The van der Waals surface area contributed by atoms with E-state index in [0.29, 0.717) is 6.04 Å². The number of hydrogen-bond donors (Lipinski definition) is 1. The molecule has 4 heteroatoms. The molecule has 0 radical (unpaired) electrons. The molecule has 0 aromatic carbocycles. The molecule has 1 aliphatic heterocycles. The molecule has 116 valence electrons. The van der Waals surface area contributed by atoms with Gasteiger partial charge in [-0.05, 0) is 71.9 Å². The van der Waals surface area contributed by atoms with Gasteiger partial charge in [-0.15, -0.1) is 0 Å². The molecule has 1 amide bonds. The van der Waals surface area contributed by atoms with Crippen molar-refractivity contribution >= 4 is 6.09 Å². The number of rotatable bonds is 5. The van der Waals surface area contributed by atoms with Crippen LogP contribution in [0.5, 0.6) is 0 Å². The summed E-state index contributed by atoms with van der Waals surface area (Å²) in [7, 11) is 0. The van der Waals surface area contributed by atoms with Gasteiger partial charge in [0.25, 0.3) is 0 Å². The standard InChI is InChI=1S/C16H30N2O2/c1-16(2,3)20-15(19)18-11-5-8-14(18)9-10-17-12-13-6-4-7-13/h13-14,17H,4-12H2,1-3H3. The molecule has 1 saturated heterocycles. The number of nitrogens with one attached hydrogen (secondary N) is 1. The first-order valence-electron chi connectivity index (χ1n) is 8.16. The maximum Gasteiger partial charge on any atom is 0.410 e. The Balaban J connectivity index is 1.68. The van der Waals surface area contributed by atoms with E-state index in [9.17, 15) is 4.79 Å². The molecule has 2 rings (SSSR count). The Hall–Kier alpha value is -0.770.